The van der Waals surface area contributed by atoms with E-state index in [0.29, 0.717) is 0 Å². The van der Waals surface area contributed by atoms with E-state index in [9.17, 15) is 0 Å². The summed E-state index contributed by atoms with van der Waals surface area (Å²) in [6.45, 7) is 7.57. The molecule has 1 aromatic heterocycles. The van der Waals surface area contributed by atoms with E-state index in [1.807, 2.05) is 12.1 Å². The molecule has 2 N–H and O–H groups in total. The van der Waals surface area contributed by atoms with Gasteiger partial charge >= 0.3 is 0 Å². The van der Waals surface area contributed by atoms with Crippen LogP contribution in [-0.2, 0) is 11.2 Å². The standard InChI is InChI=1S/C18H34N4O2.HI/c1-4-5-10-19-18(20-11-9-17-8-6-16-24-17)21-12-14-22(2)13-7-15-23-3;/h6,8,16H,4-5,7,9-15H2,1-3H3,(H2,19,20,21);1H. The largest absolute Gasteiger partial charge is 0.469 e. The van der Waals surface area contributed by atoms with Crippen LogP contribution in [-0.4, -0.2) is 64.3 Å². The Balaban J connectivity index is 0.00000576. The molecule has 25 heavy (non-hydrogen) atoms. The summed E-state index contributed by atoms with van der Waals surface area (Å²) in [6, 6.07) is 3.92. The molecule has 1 heterocycles. The van der Waals surface area contributed by atoms with Crippen molar-refractivity contribution in [1.29, 1.82) is 0 Å². The summed E-state index contributed by atoms with van der Waals surface area (Å²) in [5, 5.41) is 6.80. The van der Waals surface area contributed by atoms with Gasteiger partial charge in [-0.15, -0.1) is 24.0 Å². The molecular formula is C18H35IN4O2. The number of guanidine groups is 1. The normalized spacial score (nSPS) is 11.4. The maximum Gasteiger partial charge on any atom is 0.191 e. The molecule has 0 fully saturated rings. The lowest BCUT2D eigenvalue weighted by Crippen LogP contribution is -2.42. The first kappa shape index (κ1) is 24.2. The predicted molar refractivity (Wildman–Crippen MR) is 115 cm³/mol. The Morgan fingerprint density at radius 1 is 1.24 bits per heavy atom. The SMILES string of the molecule is CCCCN=C(NCCc1ccco1)NCCN(C)CCCOC.I. The number of furan rings is 1. The van der Waals surface area contributed by atoms with Crippen LogP contribution in [0.15, 0.2) is 27.8 Å². The van der Waals surface area contributed by atoms with E-state index in [2.05, 4.69) is 34.5 Å². The van der Waals surface area contributed by atoms with Crippen molar-refractivity contribution in [3.05, 3.63) is 24.2 Å². The molecule has 0 radical (unpaired) electrons. The Kier molecular flexibility index (Phi) is 16.1. The van der Waals surface area contributed by atoms with Crippen LogP contribution >= 0.6 is 24.0 Å². The smallest absolute Gasteiger partial charge is 0.191 e. The van der Waals surface area contributed by atoms with E-state index in [1.54, 1.807) is 13.4 Å². The minimum absolute atomic E-state index is 0. The van der Waals surface area contributed by atoms with Crippen LogP contribution in [0.5, 0.6) is 0 Å². The van der Waals surface area contributed by atoms with Crippen LogP contribution in [0.4, 0.5) is 0 Å². The number of likely N-dealkylation sites (N-methyl/N-ethyl adjacent to an activating group) is 1. The summed E-state index contributed by atoms with van der Waals surface area (Å²) in [5.74, 6) is 1.88. The molecule has 0 aromatic carbocycles. The summed E-state index contributed by atoms with van der Waals surface area (Å²) >= 11 is 0. The lowest BCUT2D eigenvalue weighted by Gasteiger charge is -2.18. The molecule has 1 rings (SSSR count). The summed E-state index contributed by atoms with van der Waals surface area (Å²) in [5.41, 5.74) is 0. The zero-order valence-electron chi connectivity index (χ0n) is 15.9. The van der Waals surface area contributed by atoms with Gasteiger partial charge in [0.1, 0.15) is 5.76 Å². The second-order valence-electron chi connectivity index (χ2n) is 5.92. The molecule has 7 heteroatoms. The summed E-state index contributed by atoms with van der Waals surface area (Å²) in [6.07, 6.45) is 5.90. The van der Waals surface area contributed by atoms with Gasteiger partial charge in [-0.25, -0.2) is 0 Å². The summed E-state index contributed by atoms with van der Waals surface area (Å²) in [4.78, 5) is 6.93. The molecular weight excluding hydrogens is 431 g/mol. The molecule has 0 saturated carbocycles. The zero-order valence-corrected chi connectivity index (χ0v) is 18.3. The van der Waals surface area contributed by atoms with Crippen molar-refractivity contribution in [2.45, 2.75) is 32.6 Å². The van der Waals surface area contributed by atoms with E-state index in [-0.39, 0.29) is 24.0 Å². The number of unbranched alkanes of at least 4 members (excludes halogenated alkanes) is 1. The van der Waals surface area contributed by atoms with Crippen LogP contribution in [0.1, 0.15) is 31.9 Å². The van der Waals surface area contributed by atoms with Gasteiger partial charge in [0.25, 0.3) is 0 Å². The molecule has 6 nitrogen and oxygen atoms in total. The maximum absolute atomic E-state index is 5.36. The van der Waals surface area contributed by atoms with Crippen LogP contribution < -0.4 is 10.6 Å². The third-order valence-electron chi connectivity index (χ3n) is 3.70. The van der Waals surface area contributed by atoms with Crippen molar-refractivity contribution in [1.82, 2.24) is 15.5 Å². The van der Waals surface area contributed by atoms with Gasteiger partial charge < -0.3 is 24.7 Å². The number of halogens is 1. The first-order valence-electron chi connectivity index (χ1n) is 8.98. The van der Waals surface area contributed by atoms with Crippen LogP contribution in [0, 0.1) is 0 Å². The number of hydrogen-bond acceptors (Lipinski definition) is 4. The van der Waals surface area contributed by atoms with Gasteiger partial charge in [-0.05, 0) is 32.0 Å². The lowest BCUT2D eigenvalue weighted by molar-refractivity contribution is 0.180. The monoisotopic (exact) mass is 466 g/mol. The van der Waals surface area contributed by atoms with Crippen LogP contribution in [0.2, 0.25) is 0 Å². The fraction of sp³-hybridized carbons (Fsp3) is 0.722. The average molecular weight is 466 g/mol. The average Bonchev–Trinajstić information content (AvgIpc) is 3.08. The van der Waals surface area contributed by atoms with Crippen LogP contribution in [0.3, 0.4) is 0 Å². The first-order chi connectivity index (χ1) is 11.8. The topological polar surface area (TPSA) is 62.0 Å². The maximum atomic E-state index is 5.36. The van der Waals surface area contributed by atoms with Crippen molar-refractivity contribution in [3.63, 3.8) is 0 Å². The Morgan fingerprint density at radius 3 is 2.72 bits per heavy atom. The van der Waals surface area contributed by atoms with Gasteiger partial charge in [-0.3, -0.25) is 4.99 Å². The number of nitrogens with one attached hydrogen (secondary N) is 2. The quantitative estimate of drug-likeness (QED) is 0.203. The van der Waals surface area contributed by atoms with Gasteiger partial charge in [0.15, 0.2) is 5.96 Å². The van der Waals surface area contributed by atoms with E-state index < -0.39 is 0 Å². The number of hydrogen-bond donors (Lipinski definition) is 2. The third kappa shape index (κ3) is 13.1. The van der Waals surface area contributed by atoms with Gasteiger partial charge in [0.2, 0.25) is 0 Å². The van der Waals surface area contributed by atoms with Crippen molar-refractivity contribution < 1.29 is 9.15 Å². The fourth-order valence-electron chi connectivity index (χ4n) is 2.24. The number of rotatable bonds is 13. The second-order valence-corrected chi connectivity index (χ2v) is 5.92. The zero-order chi connectivity index (χ0) is 17.5. The minimum atomic E-state index is 0. The Morgan fingerprint density at radius 2 is 2.04 bits per heavy atom. The van der Waals surface area contributed by atoms with Crippen LogP contribution in [0.25, 0.3) is 0 Å². The molecule has 0 aliphatic heterocycles. The highest BCUT2D eigenvalue weighted by Crippen LogP contribution is 1.99. The highest BCUT2D eigenvalue weighted by molar-refractivity contribution is 14.0. The third-order valence-corrected chi connectivity index (χ3v) is 3.70. The van der Waals surface area contributed by atoms with Gasteiger partial charge in [0, 0.05) is 52.9 Å². The van der Waals surface area contributed by atoms with Gasteiger partial charge in [-0.1, -0.05) is 13.3 Å². The summed E-state index contributed by atoms with van der Waals surface area (Å²) in [7, 11) is 3.88. The number of aliphatic imine (C=N–C) groups is 1. The number of ether oxygens (including phenoxy) is 1. The molecule has 0 amide bonds. The first-order valence-corrected chi connectivity index (χ1v) is 8.98. The fourth-order valence-corrected chi connectivity index (χ4v) is 2.24. The number of nitrogens with zero attached hydrogens (tertiary/aromatic N) is 2. The molecule has 146 valence electrons. The van der Waals surface area contributed by atoms with Crippen molar-refractivity contribution in [2.75, 3.05) is 53.5 Å². The second kappa shape index (κ2) is 16.7. The van der Waals surface area contributed by atoms with E-state index in [1.165, 1.54) is 0 Å². The Hall–Kier alpha value is -0.800. The van der Waals surface area contributed by atoms with Gasteiger partial charge in [-0.2, -0.15) is 0 Å². The van der Waals surface area contributed by atoms with E-state index in [4.69, 9.17) is 9.15 Å². The minimum Gasteiger partial charge on any atom is -0.469 e. The molecule has 0 atom stereocenters. The highest BCUT2D eigenvalue weighted by atomic mass is 127. The van der Waals surface area contributed by atoms with E-state index >= 15 is 0 Å². The summed E-state index contributed by atoms with van der Waals surface area (Å²) < 4.78 is 10.4. The van der Waals surface area contributed by atoms with E-state index in [0.717, 1.165) is 76.7 Å². The molecule has 0 spiro atoms. The lowest BCUT2D eigenvalue weighted by atomic mass is 10.3. The van der Waals surface area contributed by atoms with Crippen molar-refractivity contribution in [3.8, 4) is 0 Å². The van der Waals surface area contributed by atoms with Crippen molar-refractivity contribution in [2.24, 2.45) is 4.99 Å². The molecule has 0 unspecified atom stereocenters. The highest BCUT2D eigenvalue weighted by Gasteiger charge is 2.02. The molecule has 0 bridgehead atoms. The molecule has 0 aliphatic carbocycles. The predicted octanol–water partition coefficient (Wildman–Crippen LogP) is 2.74. The Bertz CT molecular complexity index is 427. The van der Waals surface area contributed by atoms with Gasteiger partial charge in [0.05, 0.1) is 6.26 Å². The number of methoxy groups -OCH3 is 1. The van der Waals surface area contributed by atoms with Crippen molar-refractivity contribution >= 4 is 29.9 Å². The molecule has 0 saturated heterocycles. The molecule has 1 aromatic rings. The molecule has 0 aliphatic rings. The Labute approximate surface area is 169 Å².